The Labute approximate surface area is 212 Å². The molecular weight excluding hydrogens is 499 g/mol. The number of hydrogen-bond donors (Lipinski definition) is 0. The fraction of sp³-hybridized carbons (Fsp3) is 0.542. The molecule has 8 nitrogen and oxygen atoms in total. The number of nitrogens with zero attached hydrogens (tertiary/aromatic N) is 5. The first-order valence-corrected chi connectivity index (χ1v) is 12.4. The molecule has 0 unspecified atom stereocenters. The summed E-state index contributed by atoms with van der Waals surface area (Å²) in [6.45, 7) is 7.04. The molecule has 12 heteroatoms. The van der Waals surface area contributed by atoms with Crippen molar-refractivity contribution in [1.29, 1.82) is 0 Å². The fourth-order valence-electron chi connectivity index (χ4n) is 5.12. The van der Waals surface area contributed by atoms with Gasteiger partial charge in [0.2, 0.25) is 0 Å². The quantitative estimate of drug-likeness (QED) is 0.366. The minimum atomic E-state index is -4.68. The van der Waals surface area contributed by atoms with Gasteiger partial charge >= 0.3 is 6.36 Å². The summed E-state index contributed by atoms with van der Waals surface area (Å²) in [5.41, 5.74) is 0.835. The van der Waals surface area contributed by atoms with Crippen LogP contribution in [0.2, 0.25) is 5.02 Å². The van der Waals surface area contributed by atoms with Crippen molar-refractivity contribution in [2.75, 3.05) is 37.6 Å². The molecule has 2 saturated heterocycles. The number of ether oxygens (including phenoxy) is 1. The molecule has 1 aromatic heterocycles. The number of hydrogen-bond acceptors (Lipinski definition) is 7. The van der Waals surface area contributed by atoms with Crippen LogP contribution in [0.25, 0.3) is 0 Å². The molecule has 0 amide bonds. The highest BCUT2D eigenvalue weighted by Gasteiger charge is 2.34. The van der Waals surface area contributed by atoms with Gasteiger partial charge in [0.05, 0.1) is 9.95 Å². The second-order valence-electron chi connectivity index (χ2n) is 9.20. The van der Waals surface area contributed by atoms with E-state index in [4.69, 9.17) is 11.6 Å². The Kier molecular flexibility index (Phi) is 8.21. The summed E-state index contributed by atoms with van der Waals surface area (Å²) in [5, 5.41) is 11.3. The number of piperazine rings is 1. The van der Waals surface area contributed by atoms with Crippen LogP contribution in [0.5, 0.6) is 5.75 Å². The number of alkyl halides is 3. The number of likely N-dealkylation sites (tertiary alicyclic amines) is 1. The number of pyridine rings is 1. The van der Waals surface area contributed by atoms with Crippen LogP contribution in [0, 0.1) is 10.1 Å². The van der Waals surface area contributed by atoms with E-state index >= 15 is 0 Å². The molecule has 0 bridgehead atoms. The molecule has 0 radical (unpaired) electrons. The SMILES string of the molecule is CC[C@H]1CN(c2ncc([N+](=O)[O-])cc2Cl)CCN1C1CCN(Cc2ccc(OC(F)(F)F)cc2)CC1. The summed E-state index contributed by atoms with van der Waals surface area (Å²) in [4.78, 5) is 21.7. The van der Waals surface area contributed by atoms with E-state index in [-0.39, 0.29) is 11.4 Å². The number of halogens is 4. The largest absolute Gasteiger partial charge is 0.573 e. The Balaban J connectivity index is 1.30. The van der Waals surface area contributed by atoms with E-state index in [1.165, 1.54) is 24.4 Å². The van der Waals surface area contributed by atoms with Gasteiger partial charge in [0.1, 0.15) is 17.8 Å². The summed E-state index contributed by atoms with van der Waals surface area (Å²) in [5.74, 6) is 0.377. The van der Waals surface area contributed by atoms with Crippen LogP contribution in [-0.4, -0.2) is 70.9 Å². The van der Waals surface area contributed by atoms with Gasteiger partial charge in [-0.05, 0) is 50.0 Å². The third kappa shape index (κ3) is 6.57. The third-order valence-electron chi connectivity index (χ3n) is 6.91. The van der Waals surface area contributed by atoms with E-state index in [1.54, 1.807) is 12.1 Å². The summed E-state index contributed by atoms with van der Waals surface area (Å²) in [6.07, 6.45) is -0.435. The predicted octanol–water partition coefficient (Wildman–Crippen LogP) is 5.11. The van der Waals surface area contributed by atoms with E-state index in [0.717, 1.165) is 57.5 Å². The second kappa shape index (κ2) is 11.2. The summed E-state index contributed by atoms with van der Waals surface area (Å²) in [7, 11) is 0. The summed E-state index contributed by atoms with van der Waals surface area (Å²) >= 11 is 6.32. The molecule has 0 aliphatic carbocycles. The van der Waals surface area contributed by atoms with Crippen LogP contribution in [0.1, 0.15) is 31.7 Å². The number of piperidine rings is 1. The second-order valence-corrected chi connectivity index (χ2v) is 9.61. The van der Waals surface area contributed by atoms with E-state index in [9.17, 15) is 23.3 Å². The molecule has 0 spiro atoms. The zero-order valence-corrected chi connectivity index (χ0v) is 20.7. The lowest BCUT2D eigenvalue weighted by Gasteiger charge is -2.47. The number of nitro groups is 1. The molecule has 2 fully saturated rings. The normalized spacial score (nSPS) is 20.5. The number of anilines is 1. The highest BCUT2D eigenvalue weighted by molar-refractivity contribution is 6.33. The lowest BCUT2D eigenvalue weighted by molar-refractivity contribution is -0.385. The molecule has 3 heterocycles. The van der Waals surface area contributed by atoms with Gasteiger partial charge in [0.15, 0.2) is 0 Å². The van der Waals surface area contributed by atoms with Crippen molar-refractivity contribution in [1.82, 2.24) is 14.8 Å². The van der Waals surface area contributed by atoms with E-state index in [2.05, 4.69) is 31.3 Å². The Bertz CT molecular complexity index is 1050. The van der Waals surface area contributed by atoms with Crippen LogP contribution in [0.3, 0.4) is 0 Å². The first kappa shape index (κ1) is 26.4. The fourth-order valence-corrected chi connectivity index (χ4v) is 5.40. The van der Waals surface area contributed by atoms with Crippen molar-refractivity contribution >= 4 is 23.1 Å². The summed E-state index contributed by atoms with van der Waals surface area (Å²) < 4.78 is 41.0. The number of rotatable bonds is 7. The zero-order valence-electron chi connectivity index (χ0n) is 20.0. The molecular formula is C24H29ClF3N5O3. The van der Waals surface area contributed by atoms with Gasteiger partial charge in [0, 0.05) is 44.3 Å². The van der Waals surface area contributed by atoms with Crippen molar-refractivity contribution in [2.45, 2.75) is 51.2 Å². The topological polar surface area (TPSA) is 75.0 Å². The molecule has 1 atom stereocenters. The van der Waals surface area contributed by atoms with Gasteiger partial charge < -0.3 is 9.64 Å². The Morgan fingerprint density at radius 1 is 1.17 bits per heavy atom. The van der Waals surface area contributed by atoms with Crippen molar-refractivity contribution in [3.63, 3.8) is 0 Å². The lowest BCUT2D eigenvalue weighted by atomic mass is 9.98. The van der Waals surface area contributed by atoms with Crippen molar-refractivity contribution < 1.29 is 22.8 Å². The van der Waals surface area contributed by atoms with Crippen LogP contribution in [-0.2, 0) is 6.54 Å². The average Bonchev–Trinajstić information content (AvgIpc) is 2.84. The molecule has 196 valence electrons. The van der Waals surface area contributed by atoms with Gasteiger partial charge in [-0.3, -0.25) is 19.9 Å². The number of aromatic nitrogens is 1. The van der Waals surface area contributed by atoms with Gasteiger partial charge in [-0.25, -0.2) is 4.98 Å². The molecule has 0 N–H and O–H groups in total. The van der Waals surface area contributed by atoms with E-state index < -0.39 is 11.3 Å². The molecule has 2 aliphatic rings. The standard InChI is InChI=1S/C24H29ClF3N5O3/c1-2-18-16-31(23-22(25)13-20(14-29-23)33(34)35)11-12-32(18)19-7-9-30(10-8-19)15-17-3-5-21(6-4-17)36-24(26,27)28/h3-6,13-14,18-19H,2,7-12,15-16H2,1H3/t18-/m0/s1. The average molecular weight is 528 g/mol. The molecule has 0 saturated carbocycles. The Morgan fingerprint density at radius 3 is 2.44 bits per heavy atom. The predicted molar refractivity (Wildman–Crippen MR) is 130 cm³/mol. The molecule has 1 aromatic carbocycles. The van der Waals surface area contributed by atoms with Crippen LogP contribution >= 0.6 is 11.6 Å². The van der Waals surface area contributed by atoms with Crippen molar-refractivity contribution in [2.24, 2.45) is 0 Å². The number of benzene rings is 1. The maximum atomic E-state index is 12.4. The smallest absolute Gasteiger partial charge is 0.406 e. The Hall–Kier alpha value is -2.63. The molecule has 2 aliphatic heterocycles. The van der Waals surface area contributed by atoms with Crippen molar-refractivity contribution in [3.8, 4) is 5.75 Å². The van der Waals surface area contributed by atoms with Gasteiger partial charge in [-0.2, -0.15) is 0 Å². The highest BCUT2D eigenvalue weighted by Crippen LogP contribution is 2.31. The maximum Gasteiger partial charge on any atom is 0.573 e. The highest BCUT2D eigenvalue weighted by atomic mass is 35.5. The van der Waals surface area contributed by atoms with Crippen LogP contribution in [0.15, 0.2) is 36.5 Å². The van der Waals surface area contributed by atoms with Crippen LogP contribution in [0.4, 0.5) is 24.7 Å². The minimum Gasteiger partial charge on any atom is -0.406 e. The lowest BCUT2D eigenvalue weighted by Crippen LogP contribution is -2.58. The van der Waals surface area contributed by atoms with Gasteiger partial charge in [-0.1, -0.05) is 30.7 Å². The first-order chi connectivity index (χ1) is 17.1. The van der Waals surface area contributed by atoms with E-state index in [1.807, 2.05) is 0 Å². The molecule has 36 heavy (non-hydrogen) atoms. The van der Waals surface area contributed by atoms with Crippen LogP contribution < -0.4 is 9.64 Å². The first-order valence-electron chi connectivity index (χ1n) is 12.0. The Morgan fingerprint density at radius 2 is 1.86 bits per heavy atom. The third-order valence-corrected chi connectivity index (χ3v) is 7.18. The van der Waals surface area contributed by atoms with Gasteiger partial charge in [0.25, 0.3) is 5.69 Å². The zero-order chi connectivity index (χ0) is 25.9. The molecule has 4 rings (SSSR count). The van der Waals surface area contributed by atoms with E-state index in [0.29, 0.717) is 29.5 Å². The molecule has 2 aromatic rings. The summed E-state index contributed by atoms with van der Waals surface area (Å²) in [6, 6.07) is 8.19. The van der Waals surface area contributed by atoms with Crippen molar-refractivity contribution in [3.05, 3.63) is 57.2 Å². The van der Waals surface area contributed by atoms with Gasteiger partial charge in [-0.15, -0.1) is 13.2 Å². The monoisotopic (exact) mass is 527 g/mol. The minimum absolute atomic E-state index is 0.119. The maximum absolute atomic E-state index is 12.4.